The van der Waals surface area contributed by atoms with Gasteiger partial charge in [0.25, 0.3) is 0 Å². The standard InChI is InChI=1S/C16H19ClO3/c17-13-4-2-11-1-3-12(9-15(18)19)16(14(11)10-13)5-7-20-8-6-16/h2,4,10,12H,1,3,5-9H2,(H,18,19). The molecule has 1 unspecified atom stereocenters. The first-order valence-electron chi connectivity index (χ1n) is 7.20. The highest BCUT2D eigenvalue weighted by Gasteiger charge is 2.45. The lowest BCUT2D eigenvalue weighted by molar-refractivity contribution is -0.139. The molecule has 1 aromatic carbocycles. The minimum Gasteiger partial charge on any atom is -0.481 e. The Hall–Kier alpha value is -1.06. The number of hydrogen-bond acceptors (Lipinski definition) is 2. The Kier molecular flexibility index (Phi) is 3.74. The van der Waals surface area contributed by atoms with Gasteiger partial charge in [-0.05, 0) is 54.9 Å². The van der Waals surface area contributed by atoms with Crippen molar-refractivity contribution in [2.75, 3.05) is 13.2 Å². The van der Waals surface area contributed by atoms with Crippen LogP contribution in [0.1, 0.15) is 36.8 Å². The Balaban J connectivity index is 2.06. The largest absolute Gasteiger partial charge is 0.481 e. The highest BCUT2D eigenvalue weighted by molar-refractivity contribution is 6.30. The average Bonchev–Trinajstić information content (AvgIpc) is 2.44. The molecule has 20 heavy (non-hydrogen) atoms. The van der Waals surface area contributed by atoms with Crippen molar-refractivity contribution in [1.82, 2.24) is 0 Å². The molecule has 1 aromatic rings. The van der Waals surface area contributed by atoms with E-state index < -0.39 is 5.97 Å². The van der Waals surface area contributed by atoms with Crippen molar-refractivity contribution in [3.05, 3.63) is 34.3 Å². The SMILES string of the molecule is O=C(O)CC1CCc2ccc(Cl)cc2C12CCOCC2. The van der Waals surface area contributed by atoms with Crippen LogP contribution in [0.2, 0.25) is 5.02 Å². The smallest absolute Gasteiger partial charge is 0.303 e. The van der Waals surface area contributed by atoms with Crippen LogP contribution in [0.15, 0.2) is 18.2 Å². The molecule has 1 N–H and O–H groups in total. The van der Waals surface area contributed by atoms with Crippen LogP contribution in [0.25, 0.3) is 0 Å². The van der Waals surface area contributed by atoms with Crippen LogP contribution in [0, 0.1) is 5.92 Å². The van der Waals surface area contributed by atoms with Gasteiger partial charge in [0.2, 0.25) is 0 Å². The van der Waals surface area contributed by atoms with Gasteiger partial charge >= 0.3 is 5.97 Å². The molecule has 0 aromatic heterocycles. The van der Waals surface area contributed by atoms with Gasteiger partial charge in [0.15, 0.2) is 0 Å². The second-order valence-electron chi connectivity index (χ2n) is 5.90. The third-order valence-electron chi connectivity index (χ3n) is 4.96. The number of carboxylic acid groups (broad SMARTS) is 1. The van der Waals surface area contributed by atoms with Crippen molar-refractivity contribution in [3.63, 3.8) is 0 Å². The van der Waals surface area contributed by atoms with E-state index in [9.17, 15) is 9.90 Å². The van der Waals surface area contributed by atoms with Gasteiger partial charge in [-0.15, -0.1) is 0 Å². The quantitative estimate of drug-likeness (QED) is 0.909. The fourth-order valence-corrected chi connectivity index (χ4v) is 4.15. The molecule has 0 bridgehead atoms. The van der Waals surface area contributed by atoms with Crippen molar-refractivity contribution < 1.29 is 14.6 Å². The number of benzene rings is 1. The first-order chi connectivity index (χ1) is 9.62. The first-order valence-corrected chi connectivity index (χ1v) is 7.58. The molecule has 108 valence electrons. The van der Waals surface area contributed by atoms with E-state index in [1.54, 1.807) is 0 Å². The minimum atomic E-state index is -0.702. The number of hydrogen-bond donors (Lipinski definition) is 1. The molecule has 1 heterocycles. The van der Waals surface area contributed by atoms with Crippen molar-refractivity contribution in [2.24, 2.45) is 5.92 Å². The summed E-state index contributed by atoms with van der Waals surface area (Å²) in [4.78, 5) is 11.2. The van der Waals surface area contributed by atoms with E-state index in [4.69, 9.17) is 16.3 Å². The molecule has 1 aliphatic carbocycles. The summed E-state index contributed by atoms with van der Waals surface area (Å²) in [5.41, 5.74) is 2.54. The maximum Gasteiger partial charge on any atom is 0.303 e. The maximum absolute atomic E-state index is 11.2. The molecule has 1 atom stereocenters. The molecule has 1 spiro atoms. The molecule has 1 fully saturated rings. The minimum absolute atomic E-state index is 0.0604. The summed E-state index contributed by atoms with van der Waals surface area (Å²) in [7, 11) is 0. The van der Waals surface area contributed by atoms with Crippen molar-refractivity contribution in [1.29, 1.82) is 0 Å². The summed E-state index contributed by atoms with van der Waals surface area (Å²) in [5, 5.41) is 9.97. The molecule has 3 nitrogen and oxygen atoms in total. The summed E-state index contributed by atoms with van der Waals surface area (Å²) in [6.45, 7) is 1.42. The zero-order chi connectivity index (χ0) is 14.2. The highest BCUT2D eigenvalue weighted by atomic mass is 35.5. The van der Waals surface area contributed by atoms with Gasteiger partial charge in [0.05, 0.1) is 0 Å². The second-order valence-corrected chi connectivity index (χ2v) is 6.34. The zero-order valence-electron chi connectivity index (χ0n) is 11.4. The Morgan fingerprint density at radius 1 is 1.40 bits per heavy atom. The normalized spacial score (nSPS) is 24.4. The average molecular weight is 295 g/mol. The molecular weight excluding hydrogens is 276 g/mol. The lowest BCUT2D eigenvalue weighted by Crippen LogP contribution is -2.44. The number of carbonyl (C=O) groups is 1. The van der Waals surface area contributed by atoms with Crippen molar-refractivity contribution in [3.8, 4) is 0 Å². The van der Waals surface area contributed by atoms with Crippen molar-refractivity contribution in [2.45, 2.75) is 37.5 Å². The van der Waals surface area contributed by atoms with Gasteiger partial charge < -0.3 is 9.84 Å². The van der Waals surface area contributed by atoms with Crippen LogP contribution in [0.3, 0.4) is 0 Å². The molecular formula is C16H19ClO3. The molecule has 2 aliphatic rings. The van der Waals surface area contributed by atoms with Gasteiger partial charge in [-0.2, -0.15) is 0 Å². The fourth-order valence-electron chi connectivity index (χ4n) is 3.98. The van der Waals surface area contributed by atoms with Gasteiger partial charge in [0, 0.05) is 30.1 Å². The summed E-state index contributed by atoms with van der Waals surface area (Å²) in [6.07, 6.45) is 3.94. The van der Waals surface area contributed by atoms with E-state index in [0.717, 1.165) is 30.7 Å². The van der Waals surface area contributed by atoms with E-state index in [0.29, 0.717) is 13.2 Å². The van der Waals surface area contributed by atoms with Gasteiger partial charge in [-0.3, -0.25) is 4.79 Å². The third kappa shape index (κ3) is 2.33. The number of ether oxygens (including phenoxy) is 1. The predicted molar refractivity (Wildman–Crippen MR) is 77.2 cm³/mol. The predicted octanol–water partition coefficient (Wildman–Crippen LogP) is 3.43. The number of aryl methyl sites for hydroxylation is 1. The Morgan fingerprint density at radius 2 is 2.15 bits per heavy atom. The van der Waals surface area contributed by atoms with Crippen LogP contribution in [-0.4, -0.2) is 24.3 Å². The Morgan fingerprint density at radius 3 is 2.85 bits per heavy atom. The zero-order valence-corrected chi connectivity index (χ0v) is 12.2. The van der Waals surface area contributed by atoms with Gasteiger partial charge in [0.1, 0.15) is 0 Å². The molecule has 0 radical (unpaired) electrons. The van der Waals surface area contributed by atoms with Gasteiger partial charge in [-0.1, -0.05) is 17.7 Å². The van der Waals surface area contributed by atoms with Crippen LogP contribution in [0.4, 0.5) is 0 Å². The van der Waals surface area contributed by atoms with Crippen LogP contribution in [-0.2, 0) is 21.4 Å². The van der Waals surface area contributed by atoms with E-state index in [1.807, 2.05) is 6.07 Å². The molecule has 1 saturated heterocycles. The summed E-state index contributed by atoms with van der Waals surface area (Å²) in [5.74, 6) is -0.513. The summed E-state index contributed by atoms with van der Waals surface area (Å²) >= 11 is 6.18. The van der Waals surface area contributed by atoms with E-state index >= 15 is 0 Å². The van der Waals surface area contributed by atoms with E-state index in [2.05, 4.69) is 12.1 Å². The van der Waals surface area contributed by atoms with Crippen LogP contribution in [0.5, 0.6) is 0 Å². The van der Waals surface area contributed by atoms with E-state index in [1.165, 1.54) is 11.1 Å². The third-order valence-corrected chi connectivity index (χ3v) is 5.19. The number of halogens is 1. The topological polar surface area (TPSA) is 46.5 Å². The number of aliphatic carboxylic acids is 1. The van der Waals surface area contributed by atoms with Crippen LogP contribution >= 0.6 is 11.6 Å². The molecule has 0 saturated carbocycles. The Labute approximate surface area is 123 Å². The highest BCUT2D eigenvalue weighted by Crippen LogP contribution is 2.50. The maximum atomic E-state index is 11.2. The second kappa shape index (κ2) is 5.38. The molecule has 4 heteroatoms. The summed E-state index contributed by atoms with van der Waals surface area (Å²) in [6, 6.07) is 6.09. The number of fused-ring (bicyclic) bond motifs is 2. The number of rotatable bonds is 2. The first kappa shape index (κ1) is 13.9. The molecule has 0 amide bonds. The Bertz CT molecular complexity index is 520. The van der Waals surface area contributed by atoms with E-state index in [-0.39, 0.29) is 17.8 Å². The number of carboxylic acids is 1. The molecule has 3 rings (SSSR count). The fraction of sp³-hybridized carbons (Fsp3) is 0.562. The lowest BCUT2D eigenvalue weighted by atomic mass is 9.58. The summed E-state index contributed by atoms with van der Waals surface area (Å²) < 4.78 is 5.52. The van der Waals surface area contributed by atoms with Gasteiger partial charge in [-0.25, -0.2) is 0 Å². The van der Waals surface area contributed by atoms with Crippen LogP contribution < -0.4 is 0 Å². The molecule has 1 aliphatic heterocycles. The lowest BCUT2D eigenvalue weighted by Gasteiger charge is -2.47. The monoisotopic (exact) mass is 294 g/mol. The van der Waals surface area contributed by atoms with Crippen molar-refractivity contribution >= 4 is 17.6 Å².